The minimum atomic E-state index is -0.914. The van der Waals surface area contributed by atoms with Crippen molar-refractivity contribution in [2.45, 2.75) is 70.4 Å². The Kier molecular flexibility index (Phi) is 18.0. The van der Waals surface area contributed by atoms with Crippen molar-refractivity contribution in [2.75, 3.05) is 26.7 Å². The molecule has 13 nitrogen and oxygen atoms in total. The standard InChI is InChI=1S/C35H53N9O4/c1-3-41-32(47)26(16-10-18-42-34(36)37)22-31(46)29(21-25-14-8-5-9-15-25)44-33(48)27(20-24-12-6-4-7-13-24)23-30(45)28(40-2)17-11-19-43-35(38)39/h4-9,12-15,26-29,40H,3,10-11,16-23H2,1-2H3,(H,41,47)(H,44,48)(H4,36,37,42)(H4,38,39,43). The third-order valence-electron chi connectivity index (χ3n) is 7.99. The number of likely N-dealkylation sites (N-methyl/N-ethyl adjacent to an activating group) is 1. The maximum absolute atomic E-state index is 14.0. The zero-order valence-electron chi connectivity index (χ0n) is 28.2. The molecule has 0 saturated carbocycles. The minimum absolute atomic E-state index is 0.00945. The fourth-order valence-corrected chi connectivity index (χ4v) is 5.47. The van der Waals surface area contributed by atoms with Crippen LogP contribution in [0.1, 0.15) is 56.6 Å². The fraction of sp³-hybridized carbons (Fsp3) is 0.486. The number of hydrogen-bond acceptors (Lipinski definition) is 7. The van der Waals surface area contributed by atoms with E-state index in [9.17, 15) is 19.2 Å². The van der Waals surface area contributed by atoms with E-state index in [2.05, 4.69) is 25.9 Å². The summed E-state index contributed by atoms with van der Waals surface area (Å²) >= 11 is 0. The lowest BCUT2D eigenvalue weighted by atomic mass is 9.88. The zero-order chi connectivity index (χ0) is 35.3. The topological polar surface area (TPSA) is 233 Å². The Morgan fingerprint density at radius 1 is 0.667 bits per heavy atom. The number of hydrogen-bond donors (Lipinski definition) is 7. The summed E-state index contributed by atoms with van der Waals surface area (Å²) in [6.07, 6.45) is 2.39. The highest BCUT2D eigenvalue weighted by Gasteiger charge is 2.31. The molecule has 11 N–H and O–H groups in total. The first-order valence-electron chi connectivity index (χ1n) is 16.5. The van der Waals surface area contributed by atoms with Crippen LogP contribution >= 0.6 is 0 Å². The van der Waals surface area contributed by atoms with Gasteiger partial charge in [0.15, 0.2) is 23.5 Å². The van der Waals surface area contributed by atoms with Crippen LogP contribution in [-0.2, 0) is 32.0 Å². The van der Waals surface area contributed by atoms with Gasteiger partial charge in [0.25, 0.3) is 0 Å². The first-order chi connectivity index (χ1) is 23.0. The molecular weight excluding hydrogens is 610 g/mol. The molecular formula is C35H53N9O4. The van der Waals surface area contributed by atoms with Crippen molar-refractivity contribution in [2.24, 2.45) is 44.8 Å². The Morgan fingerprint density at radius 3 is 1.69 bits per heavy atom. The van der Waals surface area contributed by atoms with Gasteiger partial charge in [-0.25, -0.2) is 0 Å². The number of nitrogens with two attached hydrogens (primary N) is 4. The van der Waals surface area contributed by atoms with Crippen LogP contribution in [0.2, 0.25) is 0 Å². The molecule has 0 bridgehead atoms. The molecule has 4 unspecified atom stereocenters. The van der Waals surface area contributed by atoms with Gasteiger partial charge in [0, 0.05) is 44.3 Å². The number of Topliss-reactive ketones (excluding diaryl/α,β-unsaturated/α-hetero) is 2. The van der Waals surface area contributed by atoms with Gasteiger partial charge in [-0.2, -0.15) is 0 Å². The van der Waals surface area contributed by atoms with E-state index in [0.717, 1.165) is 11.1 Å². The quantitative estimate of drug-likeness (QED) is 0.0508. The Balaban J connectivity index is 2.31. The van der Waals surface area contributed by atoms with E-state index in [1.807, 2.05) is 67.6 Å². The van der Waals surface area contributed by atoms with Crippen LogP contribution in [0.3, 0.4) is 0 Å². The average Bonchev–Trinajstić information content (AvgIpc) is 3.06. The van der Waals surface area contributed by atoms with Crippen molar-refractivity contribution in [3.05, 3.63) is 71.8 Å². The number of nitrogens with zero attached hydrogens (tertiary/aromatic N) is 2. The molecule has 0 spiro atoms. The van der Waals surface area contributed by atoms with Crippen molar-refractivity contribution in [3.63, 3.8) is 0 Å². The lowest BCUT2D eigenvalue weighted by Crippen LogP contribution is -2.47. The first-order valence-corrected chi connectivity index (χ1v) is 16.5. The summed E-state index contributed by atoms with van der Waals surface area (Å²) in [5.74, 6) is -2.46. The second-order valence-corrected chi connectivity index (χ2v) is 11.8. The summed E-state index contributed by atoms with van der Waals surface area (Å²) < 4.78 is 0. The number of carbonyl (C=O) groups is 4. The maximum atomic E-state index is 14.0. The van der Waals surface area contributed by atoms with Crippen molar-refractivity contribution >= 4 is 35.3 Å². The first kappa shape index (κ1) is 39.4. The largest absolute Gasteiger partial charge is 0.370 e. The molecule has 0 heterocycles. The number of amides is 2. The van der Waals surface area contributed by atoms with E-state index >= 15 is 0 Å². The van der Waals surface area contributed by atoms with Crippen molar-refractivity contribution in [3.8, 4) is 0 Å². The van der Waals surface area contributed by atoms with Crippen molar-refractivity contribution < 1.29 is 19.2 Å². The number of nitrogens with one attached hydrogen (secondary N) is 3. The van der Waals surface area contributed by atoms with E-state index in [0.29, 0.717) is 51.7 Å². The molecule has 0 aliphatic heterocycles. The summed E-state index contributed by atoms with van der Waals surface area (Å²) in [6, 6.07) is 17.4. The van der Waals surface area contributed by atoms with Gasteiger partial charge in [-0.15, -0.1) is 0 Å². The summed E-state index contributed by atoms with van der Waals surface area (Å²) in [6.45, 7) is 2.94. The molecule has 262 valence electrons. The molecule has 0 radical (unpaired) electrons. The van der Waals surface area contributed by atoms with Gasteiger partial charge < -0.3 is 38.9 Å². The molecule has 0 aromatic heterocycles. The van der Waals surface area contributed by atoms with Gasteiger partial charge in [0.1, 0.15) is 0 Å². The number of guanidine groups is 2. The molecule has 2 rings (SSSR count). The van der Waals surface area contributed by atoms with Gasteiger partial charge >= 0.3 is 0 Å². The van der Waals surface area contributed by atoms with Gasteiger partial charge in [0.05, 0.1) is 12.1 Å². The summed E-state index contributed by atoms with van der Waals surface area (Å²) in [7, 11) is 1.70. The molecule has 0 saturated heterocycles. The highest BCUT2D eigenvalue weighted by molar-refractivity contribution is 5.95. The molecule has 2 amide bonds. The second-order valence-electron chi connectivity index (χ2n) is 11.8. The summed E-state index contributed by atoms with van der Waals surface area (Å²) in [5.41, 5.74) is 23.5. The fourth-order valence-electron chi connectivity index (χ4n) is 5.47. The Bertz CT molecular complexity index is 1340. The smallest absolute Gasteiger partial charge is 0.224 e. The van der Waals surface area contributed by atoms with Crippen LogP contribution in [0.5, 0.6) is 0 Å². The molecule has 0 fully saturated rings. The number of aliphatic imine (C=N–C) groups is 2. The van der Waals surface area contributed by atoms with Crippen LogP contribution in [0.15, 0.2) is 70.6 Å². The van der Waals surface area contributed by atoms with Crippen LogP contribution in [0.25, 0.3) is 0 Å². The highest BCUT2D eigenvalue weighted by Crippen LogP contribution is 2.19. The molecule has 2 aromatic carbocycles. The third-order valence-corrected chi connectivity index (χ3v) is 7.99. The Hall–Kier alpha value is -4.78. The molecule has 13 heteroatoms. The second kappa shape index (κ2) is 21.9. The normalized spacial score (nSPS) is 13.3. The zero-order valence-corrected chi connectivity index (χ0v) is 28.2. The van der Waals surface area contributed by atoms with E-state index in [1.54, 1.807) is 7.05 Å². The van der Waals surface area contributed by atoms with Gasteiger partial charge in [-0.3, -0.25) is 29.2 Å². The van der Waals surface area contributed by atoms with Gasteiger partial charge in [0.2, 0.25) is 11.8 Å². The number of ketones is 2. The highest BCUT2D eigenvalue weighted by atomic mass is 16.2. The molecule has 0 aliphatic carbocycles. The van der Waals surface area contributed by atoms with Gasteiger partial charge in [-0.1, -0.05) is 60.7 Å². The van der Waals surface area contributed by atoms with Gasteiger partial charge in [-0.05, 0) is 63.6 Å². The average molecular weight is 664 g/mol. The predicted octanol–water partition coefficient (Wildman–Crippen LogP) is 0.939. The van der Waals surface area contributed by atoms with E-state index in [4.69, 9.17) is 22.9 Å². The van der Waals surface area contributed by atoms with E-state index in [-0.39, 0.29) is 48.7 Å². The van der Waals surface area contributed by atoms with Crippen molar-refractivity contribution in [1.29, 1.82) is 0 Å². The maximum Gasteiger partial charge on any atom is 0.224 e. The SMILES string of the molecule is CCNC(=O)C(CCCN=C(N)N)CC(=O)C(Cc1ccccc1)NC(=O)C(CC(=O)C(CCCN=C(N)N)NC)Cc1ccccc1. The lowest BCUT2D eigenvalue weighted by molar-refractivity contribution is -0.134. The molecule has 0 aliphatic rings. The Labute approximate surface area is 283 Å². The van der Waals surface area contributed by atoms with Crippen LogP contribution in [0, 0.1) is 11.8 Å². The van der Waals surface area contributed by atoms with E-state index < -0.39 is 29.8 Å². The minimum Gasteiger partial charge on any atom is -0.370 e. The molecule has 48 heavy (non-hydrogen) atoms. The Morgan fingerprint density at radius 2 is 1.17 bits per heavy atom. The molecule has 4 atom stereocenters. The van der Waals surface area contributed by atoms with Crippen molar-refractivity contribution in [1.82, 2.24) is 16.0 Å². The van der Waals surface area contributed by atoms with E-state index in [1.165, 1.54) is 0 Å². The summed E-state index contributed by atoms with van der Waals surface area (Å²) in [4.78, 5) is 62.4. The number of benzene rings is 2. The summed E-state index contributed by atoms with van der Waals surface area (Å²) in [5, 5.41) is 8.84. The predicted molar refractivity (Wildman–Crippen MR) is 190 cm³/mol. The number of rotatable bonds is 23. The number of carbonyl (C=O) groups excluding carboxylic acids is 4. The third kappa shape index (κ3) is 15.2. The van der Waals surface area contributed by atoms with Crippen LogP contribution in [0.4, 0.5) is 0 Å². The monoisotopic (exact) mass is 663 g/mol. The van der Waals surface area contributed by atoms with Crippen LogP contribution in [-0.4, -0.2) is 74.1 Å². The van der Waals surface area contributed by atoms with Crippen LogP contribution < -0.4 is 38.9 Å². The lowest BCUT2D eigenvalue weighted by Gasteiger charge is -2.25. The molecule has 2 aromatic rings.